The minimum Gasteiger partial charge on any atom is -0.379 e. The Morgan fingerprint density at radius 3 is 2.32 bits per heavy atom. The van der Waals surface area contributed by atoms with E-state index >= 15 is 0 Å². The minimum atomic E-state index is -3.59. The van der Waals surface area contributed by atoms with Crippen molar-refractivity contribution in [2.45, 2.75) is 19.0 Å². The Bertz CT molecular complexity index is 1130. The van der Waals surface area contributed by atoms with Crippen LogP contribution < -0.4 is 5.32 Å². The summed E-state index contributed by atoms with van der Waals surface area (Å²) in [5, 5.41) is 3.55. The summed E-state index contributed by atoms with van der Waals surface area (Å²) in [4.78, 5) is 30.8. The summed E-state index contributed by atoms with van der Waals surface area (Å²) in [6, 6.07) is 15.6. The van der Waals surface area contributed by atoms with Crippen LogP contribution in [0.2, 0.25) is 5.02 Å². The topological polar surface area (TPSA) is 99.3 Å². The average Bonchev–Trinajstić information content (AvgIpc) is 2.87. The van der Waals surface area contributed by atoms with Gasteiger partial charge in [0.25, 0.3) is 0 Å². The fourth-order valence-corrected chi connectivity index (χ4v) is 4.49. The Morgan fingerprint density at radius 1 is 1.05 bits per heavy atom. The highest BCUT2D eigenvalue weighted by atomic mass is 35.5. The van der Waals surface area contributed by atoms with Crippen LogP contribution in [0.25, 0.3) is 0 Å². The summed E-state index contributed by atoms with van der Waals surface area (Å²) in [5.41, 5.74) is 1.67. The Kier molecular flexibility index (Phi) is 10.9. The number of halogens is 1. The van der Waals surface area contributed by atoms with Crippen LogP contribution in [0, 0.1) is 0 Å². The molecule has 0 bridgehead atoms. The van der Waals surface area contributed by atoms with Gasteiger partial charge in [0, 0.05) is 51.2 Å². The second kappa shape index (κ2) is 13.9. The number of morpholine rings is 1. The molecule has 0 aliphatic carbocycles. The predicted molar refractivity (Wildman–Crippen MR) is 144 cm³/mol. The Labute approximate surface area is 224 Å². The molecule has 9 nitrogen and oxygen atoms in total. The van der Waals surface area contributed by atoms with E-state index < -0.39 is 22.0 Å². The van der Waals surface area contributed by atoms with Gasteiger partial charge in [0.2, 0.25) is 21.8 Å². The molecule has 1 N–H and O–H groups in total. The van der Waals surface area contributed by atoms with Crippen molar-refractivity contribution in [3.8, 4) is 0 Å². The molecule has 1 atom stereocenters. The number of hydrogen-bond acceptors (Lipinski definition) is 6. The molecule has 0 spiro atoms. The molecule has 1 aliphatic heterocycles. The highest BCUT2D eigenvalue weighted by molar-refractivity contribution is 7.88. The fourth-order valence-electron chi connectivity index (χ4n) is 4.02. The van der Waals surface area contributed by atoms with Gasteiger partial charge in [-0.05, 0) is 23.3 Å². The lowest BCUT2D eigenvalue weighted by Crippen LogP contribution is -2.53. The number of nitrogens with one attached hydrogen (secondary N) is 1. The molecule has 1 saturated heterocycles. The maximum atomic E-state index is 13.6. The SMILES string of the molecule is CN(CC(=O)N(Cc1ccc(Cl)cc1)C(Cc1ccccc1)C(=O)NCCN1CCOCC1)S(C)(=O)=O. The van der Waals surface area contributed by atoms with Gasteiger partial charge in [-0.15, -0.1) is 0 Å². The van der Waals surface area contributed by atoms with Crippen LogP contribution in [-0.4, -0.2) is 99.6 Å². The monoisotopic (exact) mass is 550 g/mol. The number of nitrogens with zero attached hydrogens (tertiary/aromatic N) is 3. The van der Waals surface area contributed by atoms with Gasteiger partial charge in [-0.2, -0.15) is 4.31 Å². The fraction of sp³-hybridized carbons (Fsp3) is 0.462. The van der Waals surface area contributed by atoms with Crippen molar-refractivity contribution in [2.75, 3.05) is 59.2 Å². The zero-order chi connectivity index (χ0) is 26.8. The summed E-state index contributed by atoms with van der Waals surface area (Å²) in [6.07, 6.45) is 1.33. The van der Waals surface area contributed by atoms with Crippen LogP contribution in [0.5, 0.6) is 0 Å². The third-order valence-electron chi connectivity index (χ3n) is 6.29. The smallest absolute Gasteiger partial charge is 0.243 e. The molecule has 202 valence electrons. The van der Waals surface area contributed by atoms with Crippen molar-refractivity contribution in [3.05, 3.63) is 70.7 Å². The summed E-state index contributed by atoms with van der Waals surface area (Å²) >= 11 is 6.04. The van der Waals surface area contributed by atoms with E-state index in [1.54, 1.807) is 24.3 Å². The lowest BCUT2D eigenvalue weighted by atomic mass is 10.0. The molecule has 1 fully saturated rings. The van der Waals surface area contributed by atoms with Crippen molar-refractivity contribution in [3.63, 3.8) is 0 Å². The number of rotatable bonds is 12. The molecule has 0 saturated carbocycles. The van der Waals surface area contributed by atoms with Gasteiger partial charge in [0.05, 0.1) is 26.0 Å². The molecular weight excluding hydrogens is 516 g/mol. The lowest BCUT2D eigenvalue weighted by molar-refractivity contribution is -0.141. The van der Waals surface area contributed by atoms with E-state index in [0.29, 0.717) is 31.3 Å². The molecule has 3 rings (SSSR count). The maximum Gasteiger partial charge on any atom is 0.243 e. The van der Waals surface area contributed by atoms with Crippen LogP contribution in [0.15, 0.2) is 54.6 Å². The third-order valence-corrected chi connectivity index (χ3v) is 7.81. The van der Waals surface area contributed by atoms with E-state index in [9.17, 15) is 18.0 Å². The van der Waals surface area contributed by atoms with E-state index in [0.717, 1.165) is 34.8 Å². The summed E-state index contributed by atoms with van der Waals surface area (Å²) in [7, 11) is -2.24. The standard InChI is InChI=1S/C26H35ClN4O5S/c1-29(37(2,34)35)20-25(32)31(19-22-8-10-23(27)11-9-22)24(18-21-6-4-3-5-7-21)26(33)28-12-13-30-14-16-36-17-15-30/h3-11,24H,12-20H2,1-2H3,(H,28,33). The summed E-state index contributed by atoms with van der Waals surface area (Å²) in [5.74, 6) is -0.756. The first-order chi connectivity index (χ1) is 17.6. The number of sulfonamides is 1. The van der Waals surface area contributed by atoms with Crippen molar-refractivity contribution in [2.24, 2.45) is 0 Å². The van der Waals surface area contributed by atoms with Crippen LogP contribution in [0.1, 0.15) is 11.1 Å². The highest BCUT2D eigenvalue weighted by Gasteiger charge is 2.32. The Balaban J connectivity index is 1.85. The van der Waals surface area contributed by atoms with E-state index in [1.807, 2.05) is 30.3 Å². The summed E-state index contributed by atoms with van der Waals surface area (Å²) < 4.78 is 30.4. The van der Waals surface area contributed by atoms with E-state index in [-0.39, 0.29) is 25.4 Å². The molecule has 1 heterocycles. The highest BCUT2D eigenvalue weighted by Crippen LogP contribution is 2.17. The first-order valence-electron chi connectivity index (χ1n) is 12.2. The number of carbonyl (C=O) groups excluding carboxylic acids is 2. The van der Waals surface area contributed by atoms with Gasteiger partial charge in [0.1, 0.15) is 6.04 Å². The molecule has 0 aromatic heterocycles. The molecule has 37 heavy (non-hydrogen) atoms. The molecule has 2 amide bonds. The van der Waals surface area contributed by atoms with E-state index in [4.69, 9.17) is 16.3 Å². The minimum absolute atomic E-state index is 0.127. The average molecular weight is 551 g/mol. The van der Waals surface area contributed by atoms with Gasteiger partial charge in [-0.25, -0.2) is 8.42 Å². The largest absolute Gasteiger partial charge is 0.379 e. The van der Waals surface area contributed by atoms with Crippen molar-refractivity contribution in [1.82, 2.24) is 19.4 Å². The van der Waals surface area contributed by atoms with Crippen LogP contribution in [-0.2, 0) is 37.3 Å². The normalized spacial score (nSPS) is 15.4. The molecule has 1 aliphatic rings. The molecule has 1 unspecified atom stereocenters. The molecule has 2 aromatic carbocycles. The Hall–Kier alpha value is -2.50. The number of carbonyl (C=O) groups is 2. The zero-order valence-electron chi connectivity index (χ0n) is 21.3. The molecule has 2 aromatic rings. The molecule has 0 radical (unpaired) electrons. The van der Waals surface area contributed by atoms with Gasteiger partial charge < -0.3 is 15.0 Å². The number of ether oxygens (including phenoxy) is 1. The van der Waals surface area contributed by atoms with E-state index in [1.165, 1.54) is 11.9 Å². The predicted octanol–water partition coefficient (Wildman–Crippen LogP) is 1.62. The second-order valence-electron chi connectivity index (χ2n) is 9.12. The van der Waals surface area contributed by atoms with Gasteiger partial charge in [0.15, 0.2) is 0 Å². The van der Waals surface area contributed by atoms with Gasteiger partial charge >= 0.3 is 0 Å². The van der Waals surface area contributed by atoms with Gasteiger partial charge in [-0.3, -0.25) is 14.5 Å². The first kappa shape index (κ1) is 29.1. The van der Waals surface area contributed by atoms with Crippen molar-refractivity contribution >= 4 is 33.4 Å². The number of likely N-dealkylation sites (N-methyl/N-ethyl adjacent to an activating group) is 1. The quantitative estimate of drug-likeness (QED) is 0.431. The van der Waals surface area contributed by atoms with E-state index in [2.05, 4.69) is 10.2 Å². The lowest BCUT2D eigenvalue weighted by Gasteiger charge is -2.33. The number of benzene rings is 2. The maximum absolute atomic E-state index is 13.6. The van der Waals surface area contributed by atoms with Gasteiger partial charge in [-0.1, -0.05) is 54.1 Å². The van der Waals surface area contributed by atoms with Crippen LogP contribution >= 0.6 is 11.6 Å². The van der Waals surface area contributed by atoms with Crippen molar-refractivity contribution in [1.29, 1.82) is 0 Å². The second-order valence-corrected chi connectivity index (χ2v) is 11.6. The van der Waals surface area contributed by atoms with Crippen molar-refractivity contribution < 1.29 is 22.7 Å². The molecular formula is C26H35ClN4O5S. The summed E-state index contributed by atoms with van der Waals surface area (Å²) in [6.45, 7) is 3.81. The third kappa shape index (κ3) is 9.39. The van der Waals surface area contributed by atoms with Crippen LogP contribution in [0.3, 0.4) is 0 Å². The molecule has 11 heteroatoms. The van der Waals surface area contributed by atoms with Crippen LogP contribution in [0.4, 0.5) is 0 Å². The number of amides is 2. The first-order valence-corrected chi connectivity index (χ1v) is 14.4. The Morgan fingerprint density at radius 2 is 1.70 bits per heavy atom. The zero-order valence-corrected chi connectivity index (χ0v) is 22.9. The number of hydrogen-bond donors (Lipinski definition) is 1.